The third kappa shape index (κ3) is 10.3. The summed E-state index contributed by atoms with van der Waals surface area (Å²) in [5.74, 6) is 0.132. The number of ether oxygens (including phenoxy) is 4. The highest BCUT2D eigenvalue weighted by Crippen LogP contribution is 2.40. The number of carbonyl (C=O) groups is 3. The number of alkyl carbamates (subject to hydrolysis) is 1. The van der Waals surface area contributed by atoms with E-state index in [9.17, 15) is 19.5 Å². The highest BCUT2D eigenvalue weighted by atomic mass is 28.3. The van der Waals surface area contributed by atoms with Crippen LogP contribution in [-0.4, -0.2) is 88.3 Å². The SMILES string of the molecule is C=CCOC(=O)N=C(CCc1ccc(C2=CN3C(=O)c4cc(OC)c(O)cc4N(COCC[Si](C)(C)C)C[C@@H]3C2)cc1)NC(=O)OCC=C. The molecule has 2 heterocycles. The smallest absolute Gasteiger partial charge is 0.435 e. The van der Waals surface area contributed by atoms with E-state index in [1.165, 1.54) is 19.3 Å². The van der Waals surface area contributed by atoms with E-state index in [0.29, 0.717) is 44.0 Å². The molecule has 4 rings (SSSR count). The van der Waals surface area contributed by atoms with Crippen LogP contribution >= 0.6 is 0 Å². The number of carbonyl (C=O) groups excluding carboxylic acids is 3. The average Bonchev–Trinajstić information content (AvgIpc) is 3.45. The quantitative estimate of drug-likeness (QED) is 0.0763. The van der Waals surface area contributed by atoms with E-state index < -0.39 is 20.3 Å². The molecular weight excluding hydrogens is 645 g/mol. The predicted molar refractivity (Wildman–Crippen MR) is 192 cm³/mol. The molecule has 0 unspecified atom stereocenters. The van der Waals surface area contributed by atoms with Gasteiger partial charge in [0.2, 0.25) is 0 Å². The maximum absolute atomic E-state index is 13.9. The summed E-state index contributed by atoms with van der Waals surface area (Å²) in [6, 6.07) is 12.0. The Bertz CT molecular complexity index is 1600. The van der Waals surface area contributed by atoms with Gasteiger partial charge >= 0.3 is 12.2 Å². The Morgan fingerprint density at radius 1 is 1.10 bits per heavy atom. The van der Waals surface area contributed by atoms with Gasteiger partial charge in [-0.15, -0.1) is 0 Å². The number of hydrogen-bond donors (Lipinski definition) is 2. The molecule has 1 atom stereocenters. The Hall–Kier alpha value is -4.88. The molecule has 0 saturated carbocycles. The standard InChI is InChI=1S/C36H46N4O8Si/c1-7-15-47-35(43)37-33(38-36(44)48-16-8-2)14-11-25-9-12-26(13-10-25)27-19-28-23-39(24-46-17-18-49(4,5)6)30-21-31(41)32(45-3)20-29(30)34(42)40(28)22-27/h7-10,12-13,20-22,28,41H,1-2,11,14-19,23-24H2,3-6H3,(H,37,38,43,44)/t28-/m0/s1. The van der Waals surface area contributed by atoms with Crippen LogP contribution in [0.5, 0.6) is 11.5 Å². The fraction of sp³-hybridized carbons (Fsp3) is 0.389. The van der Waals surface area contributed by atoms with Crippen molar-refractivity contribution in [2.45, 2.75) is 51.0 Å². The molecule has 12 nitrogen and oxygen atoms in total. The maximum Gasteiger partial charge on any atom is 0.435 e. The van der Waals surface area contributed by atoms with Crippen molar-refractivity contribution in [3.8, 4) is 11.5 Å². The molecule has 0 bridgehead atoms. The summed E-state index contributed by atoms with van der Waals surface area (Å²) in [4.78, 5) is 45.8. The van der Waals surface area contributed by atoms with E-state index in [1.807, 2.05) is 35.4 Å². The van der Waals surface area contributed by atoms with Gasteiger partial charge in [-0.2, -0.15) is 4.99 Å². The summed E-state index contributed by atoms with van der Waals surface area (Å²) >= 11 is 0. The van der Waals surface area contributed by atoms with Gasteiger partial charge < -0.3 is 33.9 Å². The Balaban J connectivity index is 1.49. The average molecular weight is 691 g/mol. The van der Waals surface area contributed by atoms with E-state index in [4.69, 9.17) is 18.9 Å². The lowest BCUT2D eigenvalue weighted by atomic mass is 9.99. The number of anilines is 1. The van der Waals surface area contributed by atoms with Gasteiger partial charge in [0.1, 0.15) is 25.8 Å². The first kappa shape index (κ1) is 36.9. The van der Waals surface area contributed by atoms with Crippen molar-refractivity contribution in [1.82, 2.24) is 10.2 Å². The number of nitrogens with one attached hydrogen (secondary N) is 1. The second-order valence-corrected chi connectivity index (χ2v) is 18.6. The minimum Gasteiger partial charge on any atom is -0.504 e. The number of benzene rings is 2. The first-order chi connectivity index (χ1) is 23.4. The first-order valence-corrected chi connectivity index (χ1v) is 19.9. The summed E-state index contributed by atoms with van der Waals surface area (Å²) in [6.45, 7) is 15.4. The number of rotatable bonds is 14. The van der Waals surface area contributed by atoms with Crippen molar-refractivity contribution in [3.05, 3.63) is 84.6 Å². The monoisotopic (exact) mass is 690 g/mol. The van der Waals surface area contributed by atoms with Gasteiger partial charge in [0.05, 0.1) is 24.4 Å². The van der Waals surface area contributed by atoms with Crippen molar-refractivity contribution < 1.29 is 38.4 Å². The molecule has 49 heavy (non-hydrogen) atoms. The van der Waals surface area contributed by atoms with Crippen LogP contribution in [0.2, 0.25) is 25.7 Å². The molecule has 2 aliphatic rings. The number of nitrogens with zero attached hydrogens (tertiary/aromatic N) is 3. The normalized spacial score (nSPS) is 15.8. The highest BCUT2D eigenvalue weighted by molar-refractivity contribution is 6.76. The maximum atomic E-state index is 13.9. The molecule has 2 N–H and O–H groups in total. The number of hydrogen-bond acceptors (Lipinski definition) is 9. The predicted octanol–water partition coefficient (Wildman–Crippen LogP) is 6.35. The van der Waals surface area contributed by atoms with Gasteiger partial charge in [-0.25, -0.2) is 9.59 Å². The molecule has 2 aromatic rings. The van der Waals surface area contributed by atoms with Crippen LogP contribution in [-0.2, 0) is 20.6 Å². The molecule has 0 fully saturated rings. The zero-order valence-electron chi connectivity index (χ0n) is 28.7. The zero-order chi connectivity index (χ0) is 35.6. The van der Waals surface area contributed by atoms with Crippen molar-refractivity contribution in [1.29, 1.82) is 0 Å². The number of phenols is 1. The van der Waals surface area contributed by atoms with Gasteiger partial charge in [0, 0.05) is 39.9 Å². The van der Waals surface area contributed by atoms with Crippen LogP contribution in [0.4, 0.5) is 15.3 Å². The van der Waals surface area contributed by atoms with Crippen LogP contribution < -0.4 is 15.0 Å². The van der Waals surface area contributed by atoms with Crippen molar-refractivity contribution >= 4 is 43.3 Å². The number of fused-ring (bicyclic) bond motifs is 2. The molecule has 262 valence electrons. The lowest BCUT2D eigenvalue weighted by Gasteiger charge is -2.28. The topological polar surface area (TPSA) is 139 Å². The fourth-order valence-corrected chi connectivity index (χ4v) is 6.18. The summed E-state index contributed by atoms with van der Waals surface area (Å²) < 4.78 is 21.4. The molecule has 2 aromatic carbocycles. The molecule has 13 heteroatoms. The Kier molecular flexibility index (Phi) is 12.8. The van der Waals surface area contributed by atoms with Crippen molar-refractivity contribution in [2.75, 3.05) is 45.1 Å². The van der Waals surface area contributed by atoms with E-state index in [2.05, 4.69) is 43.1 Å². The van der Waals surface area contributed by atoms with Gasteiger partial charge in [-0.05, 0) is 41.7 Å². The molecule has 0 aliphatic carbocycles. The number of phenolic OH excluding ortho intramolecular Hbond substituents is 1. The Morgan fingerprint density at radius 2 is 1.82 bits per heavy atom. The van der Waals surface area contributed by atoms with E-state index in [1.54, 1.807) is 17.0 Å². The van der Waals surface area contributed by atoms with Crippen molar-refractivity contribution in [3.63, 3.8) is 0 Å². The minimum absolute atomic E-state index is 0.00740. The van der Waals surface area contributed by atoms with Crippen LogP contribution in [0.15, 0.2) is 72.9 Å². The van der Waals surface area contributed by atoms with Gasteiger partial charge in [-0.3, -0.25) is 10.1 Å². The summed E-state index contributed by atoms with van der Waals surface area (Å²) in [6.07, 6.45) is 4.50. The number of methoxy groups -OCH3 is 1. The lowest BCUT2D eigenvalue weighted by molar-refractivity contribution is 0.0791. The van der Waals surface area contributed by atoms with E-state index >= 15 is 0 Å². The third-order valence-electron chi connectivity index (χ3n) is 8.03. The minimum atomic E-state index is -1.29. The second-order valence-electron chi connectivity index (χ2n) is 13.0. The van der Waals surface area contributed by atoms with E-state index in [0.717, 1.165) is 22.7 Å². The van der Waals surface area contributed by atoms with Crippen molar-refractivity contribution in [2.24, 2.45) is 4.99 Å². The molecule has 2 aliphatic heterocycles. The van der Waals surface area contributed by atoms with Crippen LogP contribution in [0.1, 0.15) is 34.3 Å². The van der Waals surface area contributed by atoms with Crippen LogP contribution in [0, 0.1) is 0 Å². The number of amides is 3. The van der Waals surface area contributed by atoms with E-state index in [-0.39, 0.29) is 48.9 Å². The van der Waals surface area contributed by atoms with Crippen LogP contribution in [0.25, 0.3) is 5.57 Å². The van der Waals surface area contributed by atoms with Gasteiger partial charge in [0.15, 0.2) is 11.5 Å². The third-order valence-corrected chi connectivity index (χ3v) is 9.73. The first-order valence-electron chi connectivity index (χ1n) is 16.2. The number of amidine groups is 1. The molecule has 0 saturated heterocycles. The molecule has 0 aromatic heterocycles. The fourth-order valence-electron chi connectivity index (χ4n) is 5.42. The second kappa shape index (κ2) is 17.0. The van der Waals surface area contributed by atoms with Gasteiger partial charge in [0.25, 0.3) is 5.91 Å². The number of aliphatic imine (C=N–C) groups is 1. The number of aryl methyl sites for hydroxylation is 1. The lowest BCUT2D eigenvalue weighted by Crippen LogP contribution is -2.39. The molecule has 3 amide bonds. The Labute approximate surface area is 288 Å². The summed E-state index contributed by atoms with van der Waals surface area (Å²) in [5, 5.41) is 13.1. The molecule has 0 radical (unpaired) electrons. The summed E-state index contributed by atoms with van der Waals surface area (Å²) in [7, 11) is 0.173. The summed E-state index contributed by atoms with van der Waals surface area (Å²) in [5.41, 5.74) is 3.98. The zero-order valence-corrected chi connectivity index (χ0v) is 29.7. The van der Waals surface area contributed by atoms with Crippen LogP contribution in [0.3, 0.4) is 0 Å². The highest BCUT2D eigenvalue weighted by Gasteiger charge is 2.37. The molecular formula is C36H46N4O8Si. The molecule has 0 spiro atoms. The largest absolute Gasteiger partial charge is 0.504 e. The Morgan fingerprint density at radius 3 is 2.49 bits per heavy atom. The van der Waals surface area contributed by atoms with Gasteiger partial charge in [-0.1, -0.05) is 69.2 Å². The number of aromatic hydroxyl groups is 1.